The molecular weight excluding hydrogens is 418 g/mol. The Morgan fingerprint density at radius 2 is 1.81 bits per heavy atom. The first-order chi connectivity index (χ1) is 15.7. The van der Waals surface area contributed by atoms with Gasteiger partial charge in [0.2, 0.25) is 0 Å². The summed E-state index contributed by atoms with van der Waals surface area (Å²) in [6, 6.07) is 22.1. The molecule has 2 heterocycles. The molecule has 0 saturated carbocycles. The maximum absolute atomic E-state index is 12.1. The standard InChI is InChI=1S/C27H21NO3S/c29-32(30)26-12-6-3-9-22(26)27-20-8-2-5-11-24(20)31-25-17-19(13-14-21(25)27)28-16-15-18-7-1-4-10-23(18)28/h1-4,6-14,17H,5,15-16H2,(H,29,30). The van der Waals surface area contributed by atoms with Crippen LogP contribution in [0.4, 0.5) is 11.4 Å². The van der Waals surface area contributed by atoms with Crippen LogP contribution < -0.4 is 9.64 Å². The monoisotopic (exact) mass is 439 g/mol. The highest BCUT2D eigenvalue weighted by Gasteiger charge is 2.29. The molecule has 0 bridgehead atoms. The first kappa shape index (κ1) is 19.3. The lowest BCUT2D eigenvalue weighted by molar-refractivity contribution is 0.429. The van der Waals surface area contributed by atoms with Crippen molar-refractivity contribution >= 4 is 28.0 Å². The zero-order chi connectivity index (χ0) is 21.7. The third-order valence-corrected chi connectivity index (χ3v) is 6.99. The molecule has 0 spiro atoms. The average molecular weight is 440 g/mol. The van der Waals surface area contributed by atoms with Gasteiger partial charge in [-0.05, 0) is 48.7 Å². The van der Waals surface area contributed by atoms with Crippen LogP contribution in [0.15, 0.2) is 101 Å². The zero-order valence-electron chi connectivity index (χ0n) is 17.3. The fourth-order valence-electron chi connectivity index (χ4n) is 4.81. The molecule has 1 N–H and O–H groups in total. The molecule has 5 heteroatoms. The maximum atomic E-state index is 12.1. The Balaban J connectivity index is 1.53. The van der Waals surface area contributed by atoms with Gasteiger partial charge in [0, 0.05) is 46.3 Å². The molecule has 158 valence electrons. The molecule has 3 aliphatic rings. The first-order valence-electron chi connectivity index (χ1n) is 10.7. The third-order valence-electron chi connectivity index (χ3n) is 6.26. The van der Waals surface area contributed by atoms with E-state index in [0.29, 0.717) is 4.90 Å². The SMILES string of the molecule is O=S(O)c1ccccc1C1=C2C=CCC=C2Oc2cc(N3CCc4ccccc43)ccc21. The van der Waals surface area contributed by atoms with Crippen molar-refractivity contribution in [1.29, 1.82) is 0 Å². The molecule has 0 saturated heterocycles. The minimum absolute atomic E-state index is 0.402. The van der Waals surface area contributed by atoms with Crippen LogP contribution in [-0.4, -0.2) is 15.3 Å². The second-order valence-corrected chi connectivity index (χ2v) is 8.99. The Labute approximate surface area is 189 Å². The van der Waals surface area contributed by atoms with Crippen molar-refractivity contribution in [3.05, 3.63) is 113 Å². The van der Waals surface area contributed by atoms with Crippen LogP contribution >= 0.6 is 0 Å². The fraction of sp³-hybridized carbons (Fsp3) is 0.111. The number of allylic oxidation sites excluding steroid dienone is 3. The number of anilines is 2. The quantitative estimate of drug-likeness (QED) is 0.509. The number of hydrogen-bond donors (Lipinski definition) is 1. The number of nitrogens with zero attached hydrogens (tertiary/aromatic N) is 1. The Kier molecular flexibility index (Phi) is 4.59. The van der Waals surface area contributed by atoms with Crippen LogP contribution in [0.2, 0.25) is 0 Å². The summed E-state index contributed by atoms with van der Waals surface area (Å²) in [5.41, 5.74) is 7.24. The second kappa shape index (κ2) is 7.62. The van der Waals surface area contributed by atoms with Gasteiger partial charge in [0.25, 0.3) is 0 Å². The number of benzene rings is 3. The van der Waals surface area contributed by atoms with E-state index in [1.807, 2.05) is 12.1 Å². The zero-order valence-corrected chi connectivity index (χ0v) is 18.1. The van der Waals surface area contributed by atoms with Crippen molar-refractivity contribution in [3.8, 4) is 5.75 Å². The van der Waals surface area contributed by atoms with Crippen LogP contribution in [0.1, 0.15) is 23.1 Å². The molecule has 3 aromatic rings. The van der Waals surface area contributed by atoms with Crippen molar-refractivity contribution in [3.63, 3.8) is 0 Å². The van der Waals surface area contributed by atoms with Crippen LogP contribution in [0.3, 0.4) is 0 Å². The topological polar surface area (TPSA) is 49.8 Å². The summed E-state index contributed by atoms with van der Waals surface area (Å²) < 4.78 is 28.4. The Morgan fingerprint density at radius 3 is 2.72 bits per heavy atom. The lowest BCUT2D eigenvalue weighted by Gasteiger charge is -2.29. The molecule has 2 aliphatic heterocycles. The van der Waals surface area contributed by atoms with Crippen molar-refractivity contribution in [2.45, 2.75) is 17.7 Å². The van der Waals surface area contributed by atoms with Gasteiger partial charge in [-0.3, -0.25) is 0 Å². The molecule has 1 aliphatic carbocycles. The van der Waals surface area contributed by atoms with E-state index in [1.165, 1.54) is 11.3 Å². The van der Waals surface area contributed by atoms with Gasteiger partial charge in [-0.25, -0.2) is 4.21 Å². The summed E-state index contributed by atoms with van der Waals surface area (Å²) in [7, 11) is 0. The molecule has 0 radical (unpaired) electrons. The molecule has 0 aromatic heterocycles. The van der Waals surface area contributed by atoms with Crippen molar-refractivity contribution < 1.29 is 13.5 Å². The summed E-state index contributed by atoms with van der Waals surface area (Å²) in [4.78, 5) is 2.72. The minimum atomic E-state index is -2.09. The molecule has 0 amide bonds. The largest absolute Gasteiger partial charge is 0.456 e. The summed E-state index contributed by atoms with van der Waals surface area (Å²) in [6.07, 6.45) is 8.02. The molecule has 1 atom stereocenters. The smallest absolute Gasteiger partial charge is 0.187 e. The highest BCUT2D eigenvalue weighted by atomic mass is 32.2. The molecule has 32 heavy (non-hydrogen) atoms. The van der Waals surface area contributed by atoms with E-state index in [4.69, 9.17) is 4.74 Å². The maximum Gasteiger partial charge on any atom is 0.187 e. The lowest BCUT2D eigenvalue weighted by Crippen LogP contribution is -2.16. The van der Waals surface area contributed by atoms with Gasteiger partial charge >= 0.3 is 0 Å². The number of rotatable bonds is 3. The molecule has 4 nitrogen and oxygen atoms in total. The van der Waals surface area contributed by atoms with E-state index in [9.17, 15) is 8.76 Å². The normalized spacial score (nSPS) is 17.3. The summed E-state index contributed by atoms with van der Waals surface area (Å²) in [5.74, 6) is 1.57. The molecular formula is C27H21NO3S. The predicted octanol–water partition coefficient (Wildman–Crippen LogP) is 6.00. The Morgan fingerprint density at radius 1 is 0.969 bits per heavy atom. The van der Waals surface area contributed by atoms with Crippen LogP contribution in [0.25, 0.3) is 5.57 Å². The van der Waals surface area contributed by atoms with Gasteiger partial charge in [0.15, 0.2) is 11.1 Å². The molecule has 3 aromatic carbocycles. The highest BCUT2D eigenvalue weighted by molar-refractivity contribution is 7.79. The van der Waals surface area contributed by atoms with Gasteiger partial charge in [-0.15, -0.1) is 0 Å². The second-order valence-electron chi connectivity index (χ2n) is 8.05. The van der Waals surface area contributed by atoms with Crippen molar-refractivity contribution in [2.75, 3.05) is 11.4 Å². The summed E-state index contributed by atoms with van der Waals surface area (Å²) in [6.45, 7) is 0.934. The number of fused-ring (bicyclic) bond motifs is 3. The van der Waals surface area contributed by atoms with E-state index in [-0.39, 0.29) is 0 Å². The molecule has 6 rings (SSSR count). The summed E-state index contributed by atoms with van der Waals surface area (Å²) >= 11 is -2.09. The first-order valence-corrected chi connectivity index (χ1v) is 11.8. The Bertz CT molecular complexity index is 1370. The molecule has 0 fully saturated rings. The van der Waals surface area contributed by atoms with E-state index in [1.54, 1.807) is 12.1 Å². The highest BCUT2D eigenvalue weighted by Crippen LogP contribution is 2.46. The van der Waals surface area contributed by atoms with Gasteiger partial charge in [0.05, 0.1) is 4.90 Å². The summed E-state index contributed by atoms with van der Waals surface area (Å²) in [5, 5.41) is 0. The van der Waals surface area contributed by atoms with E-state index < -0.39 is 11.1 Å². The van der Waals surface area contributed by atoms with Gasteiger partial charge in [-0.1, -0.05) is 48.6 Å². The Hall–Kier alpha value is -3.41. The molecule has 1 unspecified atom stereocenters. The van der Waals surface area contributed by atoms with E-state index in [2.05, 4.69) is 65.6 Å². The van der Waals surface area contributed by atoms with Crippen LogP contribution in [-0.2, 0) is 17.5 Å². The van der Waals surface area contributed by atoms with Crippen molar-refractivity contribution in [1.82, 2.24) is 0 Å². The minimum Gasteiger partial charge on any atom is -0.456 e. The van der Waals surface area contributed by atoms with Gasteiger partial charge in [0.1, 0.15) is 11.5 Å². The average Bonchev–Trinajstić information content (AvgIpc) is 3.26. The predicted molar refractivity (Wildman–Crippen MR) is 128 cm³/mol. The number of para-hydroxylation sites is 1. The van der Waals surface area contributed by atoms with Crippen LogP contribution in [0.5, 0.6) is 5.75 Å². The van der Waals surface area contributed by atoms with Gasteiger partial charge < -0.3 is 14.2 Å². The van der Waals surface area contributed by atoms with Gasteiger partial charge in [-0.2, -0.15) is 0 Å². The number of ether oxygens (including phenoxy) is 1. The number of hydrogen-bond acceptors (Lipinski definition) is 3. The van der Waals surface area contributed by atoms with E-state index in [0.717, 1.165) is 58.9 Å². The third kappa shape index (κ3) is 3.05. The lowest BCUT2D eigenvalue weighted by atomic mass is 9.87. The van der Waals surface area contributed by atoms with Crippen molar-refractivity contribution in [2.24, 2.45) is 0 Å². The van der Waals surface area contributed by atoms with E-state index >= 15 is 0 Å². The fourth-order valence-corrected chi connectivity index (χ4v) is 5.36. The van der Waals surface area contributed by atoms with Crippen LogP contribution in [0, 0.1) is 0 Å².